The number of aliphatic hydroxyl groups is 1. The molecular formula is C13H21NOS. The molecule has 2 rings (SSSR count). The van der Waals surface area contributed by atoms with E-state index in [1.165, 1.54) is 11.3 Å². The van der Waals surface area contributed by atoms with Crippen LogP contribution in [0.15, 0.2) is 17.5 Å². The van der Waals surface area contributed by atoms with Gasteiger partial charge in [0, 0.05) is 17.0 Å². The van der Waals surface area contributed by atoms with Crippen molar-refractivity contribution in [3.05, 3.63) is 22.4 Å². The molecule has 2 N–H and O–H groups in total. The molecule has 3 heteroatoms. The van der Waals surface area contributed by atoms with Crippen molar-refractivity contribution >= 4 is 11.3 Å². The van der Waals surface area contributed by atoms with Gasteiger partial charge in [0.05, 0.1) is 6.10 Å². The molecule has 0 aliphatic heterocycles. The van der Waals surface area contributed by atoms with Gasteiger partial charge in [-0.15, -0.1) is 11.3 Å². The lowest BCUT2D eigenvalue weighted by Gasteiger charge is -2.24. The van der Waals surface area contributed by atoms with Crippen molar-refractivity contribution in [2.75, 3.05) is 0 Å². The van der Waals surface area contributed by atoms with E-state index >= 15 is 0 Å². The summed E-state index contributed by atoms with van der Waals surface area (Å²) in [5.41, 5.74) is 0. The Bertz CT molecular complexity index is 299. The maximum Gasteiger partial charge on any atom is 0.0693 e. The molecule has 3 atom stereocenters. The first kappa shape index (κ1) is 12.1. The lowest BCUT2D eigenvalue weighted by molar-refractivity contribution is 0.142. The summed E-state index contributed by atoms with van der Waals surface area (Å²) in [6.07, 6.45) is 5.43. The van der Waals surface area contributed by atoms with Gasteiger partial charge in [-0.2, -0.15) is 0 Å². The fraction of sp³-hybridized carbons (Fsp3) is 0.692. The molecule has 1 aromatic rings. The molecule has 2 nitrogen and oxygen atoms in total. The molecular weight excluding hydrogens is 218 g/mol. The number of hydrogen-bond acceptors (Lipinski definition) is 3. The topological polar surface area (TPSA) is 32.3 Å². The number of aliphatic hydroxyl groups excluding tert-OH is 1. The first-order chi connectivity index (χ1) is 7.81. The van der Waals surface area contributed by atoms with Crippen LogP contribution in [0.5, 0.6) is 0 Å². The SMILES string of the molecule is CCCC(NC1CCCC1O)c1cccs1. The molecule has 0 amide bonds. The Labute approximate surface area is 102 Å². The van der Waals surface area contributed by atoms with Gasteiger partial charge in [-0.05, 0) is 37.1 Å². The molecule has 16 heavy (non-hydrogen) atoms. The van der Waals surface area contributed by atoms with Crippen LogP contribution in [-0.2, 0) is 0 Å². The van der Waals surface area contributed by atoms with Gasteiger partial charge in [0.1, 0.15) is 0 Å². The average Bonchev–Trinajstić information content (AvgIpc) is 2.90. The highest BCUT2D eigenvalue weighted by Crippen LogP contribution is 2.27. The van der Waals surface area contributed by atoms with E-state index in [4.69, 9.17) is 0 Å². The van der Waals surface area contributed by atoms with Crippen LogP contribution in [0.1, 0.15) is 49.9 Å². The molecule has 0 aromatic carbocycles. The van der Waals surface area contributed by atoms with Crippen molar-refractivity contribution < 1.29 is 5.11 Å². The average molecular weight is 239 g/mol. The van der Waals surface area contributed by atoms with Crippen molar-refractivity contribution in [3.8, 4) is 0 Å². The Morgan fingerprint density at radius 3 is 3.00 bits per heavy atom. The summed E-state index contributed by atoms with van der Waals surface area (Å²) in [5.74, 6) is 0. The van der Waals surface area contributed by atoms with Gasteiger partial charge in [0.25, 0.3) is 0 Å². The maximum absolute atomic E-state index is 9.84. The van der Waals surface area contributed by atoms with Crippen LogP contribution in [0.3, 0.4) is 0 Å². The second-order valence-corrected chi connectivity index (χ2v) is 5.61. The summed E-state index contributed by atoms with van der Waals surface area (Å²) in [5, 5.41) is 15.6. The monoisotopic (exact) mass is 239 g/mol. The minimum Gasteiger partial charge on any atom is -0.392 e. The molecule has 1 fully saturated rings. The van der Waals surface area contributed by atoms with E-state index < -0.39 is 0 Å². The van der Waals surface area contributed by atoms with Crippen LogP contribution in [0.25, 0.3) is 0 Å². The normalized spacial score (nSPS) is 27.1. The molecule has 3 unspecified atom stereocenters. The van der Waals surface area contributed by atoms with E-state index in [9.17, 15) is 5.11 Å². The predicted octanol–water partition coefficient (Wildman–Crippen LogP) is 3.09. The van der Waals surface area contributed by atoms with E-state index in [0.717, 1.165) is 25.7 Å². The maximum atomic E-state index is 9.84. The first-order valence-electron chi connectivity index (χ1n) is 6.28. The third-order valence-electron chi connectivity index (χ3n) is 3.36. The Morgan fingerprint density at radius 2 is 2.44 bits per heavy atom. The second-order valence-electron chi connectivity index (χ2n) is 4.63. The molecule has 0 spiro atoms. The Kier molecular flexibility index (Phi) is 4.38. The lowest BCUT2D eigenvalue weighted by atomic mass is 10.1. The third-order valence-corrected chi connectivity index (χ3v) is 4.34. The van der Waals surface area contributed by atoms with Crippen LogP contribution < -0.4 is 5.32 Å². The van der Waals surface area contributed by atoms with E-state index in [1.54, 1.807) is 0 Å². The highest BCUT2D eigenvalue weighted by atomic mass is 32.1. The van der Waals surface area contributed by atoms with E-state index in [-0.39, 0.29) is 6.10 Å². The summed E-state index contributed by atoms with van der Waals surface area (Å²) in [6.45, 7) is 2.22. The van der Waals surface area contributed by atoms with E-state index in [2.05, 4.69) is 29.8 Å². The molecule has 0 saturated heterocycles. The van der Waals surface area contributed by atoms with Crippen molar-refractivity contribution in [1.82, 2.24) is 5.32 Å². The van der Waals surface area contributed by atoms with Gasteiger partial charge in [0.15, 0.2) is 0 Å². The molecule has 1 aromatic heterocycles. The Hall–Kier alpha value is -0.380. The summed E-state index contributed by atoms with van der Waals surface area (Å²) in [4.78, 5) is 1.40. The van der Waals surface area contributed by atoms with Crippen molar-refractivity contribution in [1.29, 1.82) is 0 Å². The third kappa shape index (κ3) is 2.84. The van der Waals surface area contributed by atoms with Crippen LogP contribution in [0.2, 0.25) is 0 Å². The largest absolute Gasteiger partial charge is 0.392 e. The molecule has 1 aliphatic rings. The minimum atomic E-state index is -0.140. The van der Waals surface area contributed by atoms with Gasteiger partial charge in [-0.25, -0.2) is 0 Å². The van der Waals surface area contributed by atoms with Crippen LogP contribution in [0, 0.1) is 0 Å². The van der Waals surface area contributed by atoms with Gasteiger partial charge in [-0.1, -0.05) is 19.4 Å². The molecule has 1 saturated carbocycles. The zero-order valence-electron chi connectivity index (χ0n) is 9.86. The number of nitrogens with one attached hydrogen (secondary N) is 1. The van der Waals surface area contributed by atoms with E-state index in [0.29, 0.717) is 12.1 Å². The second kappa shape index (κ2) is 5.80. The summed E-state index contributed by atoms with van der Waals surface area (Å²) in [7, 11) is 0. The predicted molar refractivity (Wildman–Crippen MR) is 68.7 cm³/mol. The molecule has 90 valence electrons. The number of thiophene rings is 1. The number of rotatable bonds is 5. The Morgan fingerprint density at radius 1 is 1.56 bits per heavy atom. The summed E-state index contributed by atoms with van der Waals surface area (Å²) >= 11 is 1.81. The first-order valence-corrected chi connectivity index (χ1v) is 7.16. The summed E-state index contributed by atoms with van der Waals surface area (Å²) in [6, 6.07) is 5.04. The van der Waals surface area contributed by atoms with E-state index in [1.807, 2.05) is 11.3 Å². The Balaban J connectivity index is 1.97. The van der Waals surface area contributed by atoms with Gasteiger partial charge in [0.2, 0.25) is 0 Å². The fourth-order valence-corrected chi connectivity index (χ4v) is 3.30. The van der Waals surface area contributed by atoms with Crippen molar-refractivity contribution in [2.45, 2.75) is 57.2 Å². The minimum absolute atomic E-state index is 0.140. The van der Waals surface area contributed by atoms with Crippen molar-refractivity contribution in [2.24, 2.45) is 0 Å². The highest BCUT2D eigenvalue weighted by molar-refractivity contribution is 7.10. The zero-order chi connectivity index (χ0) is 11.4. The quantitative estimate of drug-likeness (QED) is 0.827. The zero-order valence-corrected chi connectivity index (χ0v) is 10.7. The molecule has 0 bridgehead atoms. The fourth-order valence-electron chi connectivity index (χ4n) is 2.48. The smallest absolute Gasteiger partial charge is 0.0693 e. The lowest BCUT2D eigenvalue weighted by Crippen LogP contribution is -2.38. The van der Waals surface area contributed by atoms with Crippen LogP contribution >= 0.6 is 11.3 Å². The molecule has 1 heterocycles. The van der Waals surface area contributed by atoms with Crippen molar-refractivity contribution in [3.63, 3.8) is 0 Å². The standard InChI is InChI=1S/C13H21NOS/c1-2-5-11(13-8-4-9-16-13)14-10-6-3-7-12(10)15/h4,8-12,14-15H,2-3,5-7H2,1H3. The number of hydrogen-bond donors (Lipinski definition) is 2. The molecule has 1 aliphatic carbocycles. The van der Waals surface area contributed by atoms with Gasteiger partial charge in [-0.3, -0.25) is 0 Å². The van der Waals surface area contributed by atoms with Gasteiger partial charge >= 0.3 is 0 Å². The highest BCUT2D eigenvalue weighted by Gasteiger charge is 2.27. The van der Waals surface area contributed by atoms with Gasteiger partial charge < -0.3 is 10.4 Å². The molecule has 0 radical (unpaired) electrons. The summed E-state index contributed by atoms with van der Waals surface area (Å²) < 4.78 is 0. The van der Waals surface area contributed by atoms with Crippen LogP contribution in [-0.4, -0.2) is 17.3 Å². The van der Waals surface area contributed by atoms with Crippen LogP contribution in [0.4, 0.5) is 0 Å².